The van der Waals surface area contributed by atoms with Crippen molar-refractivity contribution in [3.63, 3.8) is 0 Å². The van der Waals surface area contributed by atoms with Crippen LogP contribution in [0.4, 0.5) is 5.82 Å². The fourth-order valence-electron chi connectivity index (χ4n) is 1.89. The van der Waals surface area contributed by atoms with E-state index in [1.54, 1.807) is 0 Å². The van der Waals surface area contributed by atoms with Crippen LogP contribution < -0.4 is 10.6 Å². The number of nitrogens with one attached hydrogen (secondary N) is 2. The average Bonchev–Trinajstić information content (AvgIpc) is 2.78. The predicted octanol–water partition coefficient (Wildman–Crippen LogP) is 2.93. The molecular formula is C15H20N4S. The van der Waals surface area contributed by atoms with E-state index in [2.05, 4.69) is 34.8 Å². The smallest absolute Gasteiger partial charge is 0.172 e. The van der Waals surface area contributed by atoms with Crippen molar-refractivity contribution in [3.8, 4) is 0 Å². The Hall–Kier alpha value is -1.88. The summed E-state index contributed by atoms with van der Waals surface area (Å²) < 4.78 is 1.91. The van der Waals surface area contributed by atoms with Crippen molar-refractivity contribution >= 4 is 23.1 Å². The molecule has 0 saturated carbocycles. The van der Waals surface area contributed by atoms with Crippen LogP contribution in [0.15, 0.2) is 36.5 Å². The number of hydrogen-bond acceptors (Lipinski definition) is 2. The molecular weight excluding hydrogens is 268 g/mol. The summed E-state index contributed by atoms with van der Waals surface area (Å²) in [6, 6.07) is 10.6. The normalized spacial score (nSPS) is 10.6. The third kappa shape index (κ3) is 4.06. The summed E-state index contributed by atoms with van der Waals surface area (Å²) in [5.41, 5.74) is 2.54. The van der Waals surface area contributed by atoms with E-state index in [9.17, 15) is 0 Å². The van der Waals surface area contributed by atoms with Gasteiger partial charge in [0.05, 0.1) is 6.54 Å². The van der Waals surface area contributed by atoms with Crippen molar-refractivity contribution in [1.29, 1.82) is 0 Å². The number of rotatable bonds is 4. The third-order valence-corrected chi connectivity index (χ3v) is 3.12. The van der Waals surface area contributed by atoms with Gasteiger partial charge in [-0.2, -0.15) is 5.10 Å². The predicted molar refractivity (Wildman–Crippen MR) is 87.0 cm³/mol. The molecule has 2 aromatic rings. The van der Waals surface area contributed by atoms with Gasteiger partial charge in [-0.25, -0.2) is 0 Å². The molecule has 1 aromatic heterocycles. The topological polar surface area (TPSA) is 41.9 Å². The van der Waals surface area contributed by atoms with Gasteiger partial charge >= 0.3 is 0 Å². The lowest BCUT2D eigenvalue weighted by Gasteiger charge is -2.11. The number of aryl methyl sites for hydroxylation is 1. The Balaban J connectivity index is 1.99. The lowest BCUT2D eigenvalue weighted by Crippen LogP contribution is -2.34. The highest BCUT2D eigenvalue weighted by Gasteiger charge is 2.04. The average molecular weight is 288 g/mol. The summed E-state index contributed by atoms with van der Waals surface area (Å²) in [7, 11) is 0. The molecule has 2 N–H and O–H groups in total. The molecule has 0 unspecified atom stereocenters. The highest BCUT2D eigenvalue weighted by molar-refractivity contribution is 7.80. The number of anilines is 1. The Morgan fingerprint density at radius 1 is 1.30 bits per heavy atom. The summed E-state index contributed by atoms with van der Waals surface area (Å²) in [6.45, 7) is 6.97. The first-order valence-corrected chi connectivity index (χ1v) is 7.11. The molecule has 2 rings (SSSR count). The van der Waals surface area contributed by atoms with Gasteiger partial charge in [-0.15, -0.1) is 0 Å². The number of hydrogen-bond donors (Lipinski definition) is 2. The molecule has 106 valence electrons. The number of thiocarbonyl (C=S) groups is 1. The minimum absolute atomic E-state index is 0.309. The van der Waals surface area contributed by atoms with Crippen molar-refractivity contribution in [3.05, 3.63) is 47.7 Å². The first-order valence-electron chi connectivity index (χ1n) is 6.70. The van der Waals surface area contributed by atoms with E-state index in [-0.39, 0.29) is 0 Å². The maximum absolute atomic E-state index is 5.20. The van der Waals surface area contributed by atoms with Crippen molar-refractivity contribution in [2.24, 2.45) is 0 Å². The van der Waals surface area contributed by atoms with Crippen LogP contribution in [-0.4, -0.2) is 20.9 Å². The Kier molecular flexibility index (Phi) is 4.74. The number of benzene rings is 1. The Morgan fingerprint density at radius 2 is 2.05 bits per heavy atom. The van der Waals surface area contributed by atoms with Crippen molar-refractivity contribution in [1.82, 2.24) is 15.1 Å². The molecule has 0 amide bonds. The summed E-state index contributed by atoms with van der Waals surface area (Å²) in [6.07, 6.45) is 1.95. The molecule has 20 heavy (non-hydrogen) atoms. The molecule has 4 nitrogen and oxygen atoms in total. The SMILES string of the molecule is Cc1ccccc1Cn1ccc(NC(=S)NC(C)C)n1. The molecule has 0 spiro atoms. The van der Waals surface area contributed by atoms with Crippen LogP contribution in [0, 0.1) is 6.92 Å². The zero-order valence-electron chi connectivity index (χ0n) is 12.1. The minimum Gasteiger partial charge on any atom is -0.360 e. The van der Waals surface area contributed by atoms with Crippen LogP contribution in [0.2, 0.25) is 0 Å². The molecule has 1 aromatic carbocycles. The quantitative estimate of drug-likeness (QED) is 0.849. The second-order valence-corrected chi connectivity index (χ2v) is 5.49. The fraction of sp³-hybridized carbons (Fsp3) is 0.333. The van der Waals surface area contributed by atoms with Crippen LogP contribution in [0.3, 0.4) is 0 Å². The standard InChI is InChI=1S/C15H20N4S/c1-11(2)16-15(20)17-14-8-9-19(18-14)10-13-7-5-4-6-12(13)3/h4-9,11H,10H2,1-3H3,(H2,16,17,18,20). The fourth-order valence-corrected chi connectivity index (χ4v) is 2.23. The van der Waals surface area contributed by atoms with Crippen LogP contribution in [0.25, 0.3) is 0 Å². The second-order valence-electron chi connectivity index (χ2n) is 5.08. The molecule has 0 atom stereocenters. The van der Waals surface area contributed by atoms with Crippen molar-refractivity contribution in [2.75, 3.05) is 5.32 Å². The molecule has 1 heterocycles. The van der Waals surface area contributed by atoms with Gasteiger partial charge in [0.1, 0.15) is 0 Å². The molecule has 0 aliphatic rings. The van der Waals surface area contributed by atoms with E-state index in [4.69, 9.17) is 12.2 Å². The first-order chi connectivity index (χ1) is 9.54. The molecule has 5 heteroatoms. The highest BCUT2D eigenvalue weighted by Crippen LogP contribution is 2.10. The van der Waals surface area contributed by atoms with Gasteiger partial charge in [0.25, 0.3) is 0 Å². The first kappa shape index (κ1) is 14.5. The maximum atomic E-state index is 5.20. The lowest BCUT2D eigenvalue weighted by atomic mass is 10.1. The van der Waals surface area contributed by atoms with Gasteiger partial charge in [-0.05, 0) is 44.1 Å². The zero-order chi connectivity index (χ0) is 14.5. The van der Waals surface area contributed by atoms with E-state index in [1.807, 2.05) is 42.9 Å². The van der Waals surface area contributed by atoms with Crippen LogP contribution >= 0.6 is 12.2 Å². The zero-order valence-corrected chi connectivity index (χ0v) is 12.9. The Morgan fingerprint density at radius 3 is 2.75 bits per heavy atom. The lowest BCUT2D eigenvalue weighted by molar-refractivity contribution is 0.686. The molecule has 0 fully saturated rings. The van der Waals surface area contributed by atoms with Crippen LogP contribution in [0.1, 0.15) is 25.0 Å². The summed E-state index contributed by atoms with van der Waals surface area (Å²) >= 11 is 5.20. The summed E-state index contributed by atoms with van der Waals surface area (Å²) in [5.74, 6) is 0.761. The largest absolute Gasteiger partial charge is 0.360 e. The van der Waals surface area contributed by atoms with Gasteiger partial charge in [0.2, 0.25) is 0 Å². The molecule has 0 aliphatic carbocycles. The van der Waals surface area contributed by atoms with Crippen LogP contribution in [-0.2, 0) is 6.54 Å². The summed E-state index contributed by atoms with van der Waals surface area (Å²) in [4.78, 5) is 0. The Bertz CT molecular complexity index is 589. The van der Waals surface area contributed by atoms with E-state index in [0.717, 1.165) is 12.4 Å². The molecule has 0 saturated heterocycles. The Labute approximate surface area is 125 Å². The second kappa shape index (κ2) is 6.52. The molecule has 0 radical (unpaired) electrons. The summed E-state index contributed by atoms with van der Waals surface area (Å²) in [5, 5.41) is 11.3. The van der Waals surface area contributed by atoms with Crippen LogP contribution in [0.5, 0.6) is 0 Å². The number of aromatic nitrogens is 2. The monoisotopic (exact) mass is 288 g/mol. The van der Waals surface area contributed by atoms with E-state index in [1.165, 1.54) is 11.1 Å². The highest BCUT2D eigenvalue weighted by atomic mass is 32.1. The maximum Gasteiger partial charge on any atom is 0.172 e. The van der Waals surface area contributed by atoms with E-state index >= 15 is 0 Å². The van der Waals surface area contributed by atoms with Crippen molar-refractivity contribution in [2.45, 2.75) is 33.4 Å². The third-order valence-electron chi connectivity index (χ3n) is 2.90. The van der Waals surface area contributed by atoms with Gasteiger partial charge in [0, 0.05) is 18.3 Å². The van der Waals surface area contributed by atoms with E-state index in [0.29, 0.717) is 11.2 Å². The van der Waals surface area contributed by atoms with Gasteiger partial charge in [0.15, 0.2) is 10.9 Å². The van der Waals surface area contributed by atoms with Gasteiger partial charge in [-0.1, -0.05) is 24.3 Å². The van der Waals surface area contributed by atoms with Gasteiger partial charge < -0.3 is 10.6 Å². The number of nitrogens with zero attached hydrogens (tertiary/aromatic N) is 2. The van der Waals surface area contributed by atoms with E-state index < -0.39 is 0 Å². The van der Waals surface area contributed by atoms with Crippen molar-refractivity contribution < 1.29 is 0 Å². The molecule has 0 aliphatic heterocycles. The van der Waals surface area contributed by atoms with Gasteiger partial charge in [-0.3, -0.25) is 4.68 Å². The minimum atomic E-state index is 0.309. The molecule has 0 bridgehead atoms.